The Balaban J connectivity index is 2.59. The van der Waals surface area contributed by atoms with Gasteiger partial charge >= 0.3 is 5.97 Å². The Labute approximate surface area is 117 Å². The average Bonchev–Trinajstić information content (AvgIpc) is 2.38. The van der Waals surface area contributed by atoms with Gasteiger partial charge < -0.3 is 15.4 Å². The van der Waals surface area contributed by atoms with Crippen molar-refractivity contribution in [3.05, 3.63) is 24.3 Å². The maximum absolute atomic E-state index is 11.6. The van der Waals surface area contributed by atoms with E-state index in [9.17, 15) is 14.4 Å². The second-order valence-electron chi connectivity index (χ2n) is 4.01. The zero-order valence-corrected chi connectivity index (χ0v) is 11.6. The lowest BCUT2D eigenvalue weighted by Crippen LogP contribution is -2.18. The summed E-state index contributed by atoms with van der Waals surface area (Å²) in [4.78, 5) is 34.0. The van der Waals surface area contributed by atoms with E-state index in [-0.39, 0.29) is 18.9 Å². The number of hydrogen-bond donors (Lipinski definition) is 2. The second-order valence-corrected chi connectivity index (χ2v) is 4.01. The molecule has 0 atom stereocenters. The summed E-state index contributed by atoms with van der Waals surface area (Å²) in [6, 6.07) is 6.71. The molecular weight excluding hydrogens is 260 g/mol. The number of carbonyl (C=O) groups excluding carboxylic acids is 3. The molecule has 0 saturated carbocycles. The second kappa shape index (κ2) is 7.93. The van der Waals surface area contributed by atoms with E-state index in [1.165, 1.54) is 0 Å². The molecule has 1 rings (SSSR count). The van der Waals surface area contributed by atoms with Crippen LogP contribution in [-0.4, -0.2) is 24.4 Å². The van der Waals surface area contributed by atoms with Crippen molar-refractivity contribution >= 4 is 29.2 Å². The minimum Gasteiger partial charge on any atom is -0.466 e. The third-order valence-electron chi connectivity index (χ3n) is 2.36. The van der Waals surface area contributed by atoms with E-state index in [2.05, 4.69) is 15.4 Å². The first kappa shape index (κ1) is 15.7. The van der Waals surface area contributed by atoms with Gasteiger partial charge in [0.05, 0.1) is 6.61 Å². The van der Waals surface area contributed by atoms with Crippen molar-refractivity contribution in [1.82, 2.24) is 0 Å². The van der Waals surface area contributed by atoms with E-state index in [0.717, 1.165) is 0 Å². The van der Waals surface area contributed by atoms with Gasteiger partial charge in [0, 0.05) is 17.8 Å². The molecule has 108 valence electrons. The molecule has 1 aromatic carbocycles. The Morgan fingerprint density at radius 3 is 2.20 bits per heavy atom. The van der Waals surface area contributed by atoms with Gasteiger partial charge in [-0.15, -0.1) is 0 Å². The zero-order chi connectivity index (χ0) is 15.0. The van der Waals surface area contributed by atoms with Crippen LogP contribution in [0.5, 0.6) is 0 Å². The number of esters is 1. The van der Waals surface area contributed by atoms with Crippen molar-refractivity contribution in [3.8, 4) is 0 Å². The highest BCUT2D eigenvalue weighted by atomic mass is 16.5. The highest BCUT2D eigenvalue weighted by Gasteiger charge is 2.10. The average molecular weight is 278 g/mol. The van der Waals surface area contributed by atoms with E-state index in [4.69, 9.17) is 0 Å². The number of rotatable bonds is 6. The number of anilines is 2. The molecule has 6 heteroatoms. The molecule has 6 nitrogen and oxygen atoms in total. The molecule has 0 aromatic heterocycles. The van der Waals surface area contributed by atoms with Crippen molar-refractivity contribution in [1.29, 1.82) is 0 Å². The molecule has 0 unspecified atom stereocenters. The molecule has 2 amide bonds. The van der Waals surface area contributed by atoms with E-state index in [1.807, 2.05) is 0 Å². The third-order valence-corrected chi connectivity index (χ3v) is 2.36. The van der Waals surface area contributed by atoms with Crippen LogP contribution < -0.4 is 10.6 Å². The van der Waals surface area contributed by atoms with Crippen LogP contribution >= 0.6 is 0 Å². The number of ether oxygens (including phenoxy) is 1. The molecule has 0 heterocycles. The summed E-state index contributed by atoms with van der Waals surface area (Å²) in [5, 5.41) is 5.26. The van der Waals surface area contributed by atoms with E-state index < -0.39 is 11.9 Å². The lowest BCUT2D eigenvalue weighted by Gasteiger charge is -2.08. The maximum Gasteiger partial charge on any atom is 0.315 e. The maximum atomic E-state index is 11.6. The zero-order valence-electron chi connectivity index (χ0n) is 11.6. The highest BCUT2D eigenvalue weighted by molar-refractivity contribution is 6.02. The fourth-order valence-corrected chi connectivity index (χ4v) is 1.47. The van der Waals surface area contributed by atoms with E-state index >= 15 is 0 Å². The number of carbonyl (C=O) groups is 3. The Bertz CT molecular complexity index is 500. The van der Waals surface area contributed by atoms with Crippen molar-refractivity contribution < 1.29 is 19.1 Å². The van der Waals surface area contributed by atoms with Crippen LogP contribution in [0.25, 0.3) is 0 Å². The summed E-state index contributed by atoms with van der Waals surface area (Å²) in [7, 11) is 0. The number of benzene rings is 1. The van der Waals surface area contributed by atoms with Gasteiger partial charge in [0.2, 0.25) is 11.8 Å². The summed E-state index contributed by atoms with van der Waals surface area (Å²) >= 11 is 0. The van der Waals surface area contributed by atoms with Crippen LogP contribution in [0.2, 0.25) is 0 Å². The topological polar surface area (TPSA) is 84.5 Å². The summed E-state index contributed by atoms with van der Waals surface area (Å²) < 4.78 is 4.68. The molecule has 1 aromatic rings. The summed E-state index contributed by atoms with van der Waals surface area (Å²) in [6.45, 7) is 3.67. The first-order valence-corrected chi connectivity index (χ1v) is 6.40. The molecule has 0 radical (unpaired) electrons. The largest absolute Gasteiger partial charge is 0.466 e. The van der Waals surface area contributed by atoms with Gasteiger partial charge in [-0.1, -0.05) is 13.0 Å². The molecule has 0 fully saturated rings. The van der Waals surface area contributed by atoms with E-state index in [1.54, 1.807) is 38.1 Å². The van der Waals surface area contributed by atoms with Crippen molar-refractivity contribution in [2.24, 2.45) is 0 Å². The molecule has 0 bridgehead atoms. The van der Waals surface area contributed by atoms with Crippen LogP contribution in [0.3, 0.4) is 0 Å². The summed E-state index contributed by atoms with van der Waals surface area (Å²) in [6.07, 6.45) is 0.0405. The van der Waals surface area contributed by atoms with Gasteiger partial charge in [-0.2, -0.15) is 0 Å². The molecule has 0 spiro atoms. The Kier molecular flexibility index (Phi) is 6.22. The number of amides is 2. The molecule has 0 aliphatic heterocycles. The van der Waals surface area contributed by atoms with Gasteiger partial charge in [-0.25, -0.2) is 0 Å². The van der Waals surface area contributed by atoms with E-state index in [0.29, 0.717) is 17.8 Å². The monoisotopic (exact) mass is 278 g/mol. The first-order chi connectivity index (χ1) is 9.55. The highest BCUT2D eigenvalue weighted by Crippen LogP contribution is 2.15. The lowest BCUT2D eigenvalue weighted by atomic mass is 10.2. The molecule has 0 aliphatic rings. The smallest absolute Gasteiger partial charge is 0.315 e. The first-order valence-electron chi connectivity index (χ1n) is 6.40. The van der Waals surface area contributed by atoms with Crippen LogP contribution in [0.15, 0.2) is 24.3 Å². The van der Waals surface area contributed by atoms with Gasteiger partial charge in [-0.3, -0.25) is 14.4 Å². The minimum atomic E-state index is -0.569. The SMILES string of the molecule is CCOC(=O)CC(=O)Nc1cccc(NC(=O)CC)c1. The van der Waals surface area contributed by atoms with Gasteiger partial charge in [0.1, 0.15) is 6.42 Å². The summed E-state index contributed by atoms with van der Waals surface area (Å²) in [5.74, 6) is -1.14. The molecule has 0 aliphatic carbocycles. The number of nitrogens with one attached hydrogen (secondary N) is 2. The normalized spacial score (nSPS) is 9.70. The van der Waals surface area contributed by atoms with Crippen molar-refractivity contribution in [3.63, 3.8) is 0 Å². The molecule has 2 N–H and O–H groups in total. The predicted octanol–water partition coefficient (Wildman–Crippen LogP) is 1.93. The van der Waals surface area contributed by atoms with Gasteiger partial charge in [0.15, 0.2) is 0 Å². The Morgan fingerprint density at radius 2 is 1.65 bits per heavy atom. The molecule has 20 heavy (non-hydrogen) atoms. The summed E-state index contributed by atoms with van der Waals surface area (Å²) in [5.41, 5.74) is 1.10. The predicted molar refractivity (Wildman–Crippen MR) is 75.2 cm³/mol. The van der Waals surface area contributed by atoms with Crippen molar-refractivity contribution in [2.45, 2.75) is 26.7 Å². The third kappa shape index (κ3) is 5.51. The standard InChI is InChI=1S/C14H18N2O4/c1-3-12(17)15-10-6-5-7-11(8-10)16-13(18)9-14(19)20-4-2/h5-8H,3-4,9H2,1-2H3,(H,15,17)(H,16,18). The minimum absolute atomic E-state index is 0.111. The van der Waals surface area contributed by atoms with Crippen LogP contribution in [0.1, 0.15) is 26.7 Å². The fourth-order valence-electron chi connectivity index (χ4n) is 1.47. The quantitative estimate of drug-likeness (QED) is 0.615. The Hall–Kier alpha value is -2.37. The lowest BCUT2D eigenvalue weighted by molar-refractivity contribution is -0.145. The van der Waals surface area contributed by atoms with Gasteiger partial charge in [-0.05, 0) is 25.1 Å². The molecule has 0 saturated heterocycles. The van der Waals surface area contributed by atoms with Crippen molar-refractivity contribution in [2.75, 3.05) is 17.2 Å². The van der Waals surface area contributed by atoms with Crippen LogP contribution in [0.4, 0.5) is 11.4 Å². The number of hydrogen-bond acceptors (Lipinski definition) is 4. The molecular formula is C14H18N2O4. The Morgan fingerprint density at radius 1 is 1.05 bits per heavy atom. The fraction of sp³-hybridized carbons (Fsp3) is 0.357. The van der Waals surface area contributed by atoms with Crippen LogP contribution in [0, 0.1) is 0 Å². The van der Waals surface area contributed by atoms with Crippen LogP contribution in [-0.2, 0) is 19.1 Å². The van der Waals surface area contributed by atoms with Gasteiger partial charge in [0.25, 0.3) is 0 Å².